The van der Waals surface area contributed by atoms with Crippen LogP contribution in [0.3, 0.4) is 0 Å². The van der Waals surface area contributed by atoms with Crippen molar-refractivity contribution in [1.29, 1.82) is 0 Å². The van der Waals surface area contributed by atoms with Crippen LogP contribution >= 0.6 is 15.9 Å². The molecule has 2 rings (SSSR count). The summed E-state index contributed by atoms with van der Waals surface area (Å²) in [6.07, 6.45) is 1.89. The zero-order valence-corrected chi connectivity index (χ0v) is 13.1. The highest BCUT2D eigenvalue weighted by Crippen LogP contribution is 2.29. The molecule has 4 nitrogen and oxygen atoms in total. The maximum Gasteiger partial charge on any atom is 0.249 e. The minimum Gasteiger partial charge on any atom is -0.419 e. The SMILES string of the molecule is CCCNC(CC)c1nnc(-c2cc(F)ccc2Br)o1. The second-order valence-electron chi connectivity index (χ2n) is 4.48. The lowest BCUT2D eigenvalue weighted by Crippen LogP contribution is -2.21. The van der Waals surface area contributed by atoms with Crippen LogP contribution in [0.15, 0.2) is 27.1 Å². The molecule has 1 atom stereocenters. The van der Waals surface area contributed by atoms with Crippen molar-refractivity contribution in [2.75, 3.05) is 6.54 Å². The van der Waals surface area contributed by atoms with Gasteiger partial charge in [-0.2, -0.15) is 0 Å². The largest absolute Gasteiger partial charge is 0.419 e. The summed E-state index contributed by atoms with van der Waals surface area (Å²) in [6.45, 7) is 5.04. The van der Waals surface area contributed by atoms with Crippen LogP contribution in [0, 0.1) is 5.82 Å². The molecule has 0 fully saturated rings. The first kappa shape index (κ1) is 15.1. The molecule has 0 saturated heterocycles. The van der Waals surface area contributed by atoms with Gasteiger partial charge in [-0.15, -0.1) is 10.2 Å². The Bertz CT molecular complexity index is 573. The molecule has 2 aromatic rings. The Morgan fingerprint density at radius 2 is 2.15 bits per heavy atom. The van der Waals surface area contributed by atoms with E-state index in [1.807, 2.05) is 0 Å². The maximum absolute atomic E-state index is 13.3. The van der Waals surface area contributed by atoms with Crippen molar-refractivity contribution in [3.05, 3.63) is 34.4 Å². The zero-order chi connectivity index (χ0) is 14.5. The number of rotatable bonds is 6. The van der Waals surface area contributed by atoms with Gasteiger partial charge in [-0.05, 0) is 53.5 Å². The molecule has 0 aliphatic rings. The summed E-state index contributed by atoms with van der Waals surface area (Å²) in [7, 11) is 0. The van der Waals surface area contributed by atoms with Crippen LogP contribution in [0.1, 0.15) is 38.6 Å². The first-order chi connectivity index (χ1) is 9.65. The fourth-order valence-electron chi connectivity index (χ4n) is 1.87. The van der Waals surface area contributed by atoms with Gasteiger partial charge in [0.15, 0.2) is 0 Å². The first-order valence-corrected chi connectivity index (χ1v) is 7.47. The molecule has 0 saturated carbocycles. The summed E-state index contributed by atoms with van der Waals surface area (Å²) in [5.41, 5.74) is 0.564. The van der Waals surface area contributed by atoms with Crippen LogP contribution in [-0.4, -0.2) is 16.7 Å². The predicted octanol–water partition coefficient (Wildman–Crippen LogP) is 4.09. The Labute approximate surface area is 125 Å². The molecule has 1 heterocycles. The number of hydrogen-bond acceptors (Lipinski definition) is 4. The third-order valence-electron chi connectivity index (χ3n) is 2.95. The topological polar surface area (TPSA) is 51.0 Å². The van der Waals surface area contributed by atoms with E-state index in [4.69, 9.17) is 4.42 Å². The minimum atomic E-state index is -0.334. The van der Waals surface area contributed by atoms with Crippen LogP contribution in [0.25, 0.3) is 11.5 Å². The van der Waals surface area contributed by atoms with Gasteiger partial charge >= 0.3 is 0 Å². The zero-order valence-electron chi connectivity index (χ0n) is 11.5. The van der Waals surface area contributed by atoms with E-state index in [0.29, 0.717) is 17.3 Å². The third-order valence-corrected chi connectivity index (χ3v) is 3.64. The van der Waals surface area contributed by atoms with Crippen molar-refractivity contribution in [3.63, 3.8) is 0 Å². The van der Waals surface area contributed by atoms with Crippen molar-refractivity contribution >= 4 is 15.9 Å². The van der Waals surface area contributed by atoms with Gasteiger partial charge in [0.25, 0.3) is 0 Å². The van der Waals surface area contributed by atoms with Gasteiger partial charge in [0.1, 0.15) is 5.82 Å². The smallest absolute Gasteiger partial charge is 0.249 e. The Kier molecular flexibility index (Phi) is 5.25. The van der Waals surface area contributed by atoms with Gasteiger partial charge in [0.05, 0.1) is 11.6 Å². The van der Waals surface area contributed by atoms with Gasteiger partial charge in [-0.3, -0.25) is 0 Å². The van der Waals surface area contributed by atoms with Crippen LogP contribution in [0.5, 0.6) is 0 Å². The van der Waals surface area contributed by atoms with E-state index in [9.17, 15) is 4.39 Å². The maximum atomic E-state index is 13.3. The number of nitrogens with zero attached hydrogens (tertiary/aromatic N) is 2. The minimum absolute atomic E-state index is 0.0311. The summed E-state index contributed by atoms with van der Waals surface area (Å²) in [4.78, 5) is 0. The van der Waals surface area contributed by atoms with Gasteiger partial charge in [0, 0.05) is 4.47 Å². The van der Waals surface area contributed by atoms with Gasteiger partial charge in [-0.25, -0.2) is 4.39 Å². The predicted molar refractivity (Wildman–Crippen MR) is 78.7 cm³/mol. The number of aromatic nitrogens is 2. The van der Waals surface area contributed by atoms with Gasteiger partial charge in [-0.1, -0.05) is 13.8 Å². The van der Waals surface area contributed by atoms with Gasteiger partial charge in [0.2, 0.25) is 11.8 Å². The number of hydrogen-bond donors (Lipinski definition) is 1. The van der Waals surface area contributed by atoms with E-state index < -0.39 is 0 Å². The van der Waals surface area contributed by atoms with Crippen molar-refractivity contribution in [2.45, 2.75) is 32.7 Å². The molecule has 108 valence electrons. The highest BCUT2D eigenvalue weighted by atomic mass is 79.9. The monoisotopic (exact) mass is 341 g/mol. The van der Waals surface area contributed by atoms with E-state index in [-0.39, 0.29) is 11.9 Å². The van der Waals surface area contributed by atoms with Crippen LogP contribution < -0.4 is 5.32 Å². The van der Waals surface area contributed by atoms with Crippen LogP contribution in [0.2, 0.25) is 0 Å². The molecular formula is C14H17BrFN3O. The average molecular weight is 342 g/mol. The number of halogens is 2. The van der Waals surface area contributed by atoms with E-state index in [0.717, 1.165) is 23.9 Å². The van der Waals surface area contributed by atoms with Crippen molar-refractivity contribution in [3.8, 4) is 11.5 Å². The molecule has 6 heteroatoms. The van der Waals surface area contributed by atoms with Crippen LogP contribution in [0.4, 0.5) is 4.39 Å². The Hall–Kier alpha value is -1.27. The second-order valence-corrected chi connectivity index (χ2v) is 5.34. The number of benzene rings is 1. The molecule has 0 spiro atoms. The molecule has 1 unspecified atom stereocenters. The summed E-state index contributed by atoms with van der Waals surface area (Å²) >= 11 is 3.36. The fraction of sp³-hybridized carbons (Fsp3) is 0.429. The summed E-state index contributed by atoms with van der Waals surface area (Å²) < 4.78 is 19.7. The second kappa shape index (κ2) is 6.95. The van der Waals surface area contributed by atoms with E-state index in [2.05, 4.69) is 45.3 Å². The molecule has 0 amide bonds. The van der Waals surface area contributed by atoms with E-state index in [1.165, 1.54) is 12.1 Å². The molecule has 0 bridgehead atoms. The summed E-state index contributed by atoms with van der Waals surface area (Å²) in [5, 5.41) is 11.4. The molecule has 0 radical (unpaired) electrons. The third kappa shape index (κ3) is 3.43. The normalized spacial score (nSPS) is 12.6. The first-order valence-electron chi connectivity index (χ1n) is 6.67. The van der Waals surface area contributed by atoms with E-state index in [1.54, 1.807) is 6.07 Å². The average Bonchev–Trinajstić information content (AvgIpc) is 2.92. The molecule has 0 aliphatic heterocycles. The van der Waals surface area contributed by atoms with Crippen molar-refractivity contribution < 1.29 is 8.81 Å². The highest BCUT2D eigenvalue weighted by molar-refractivity contribution is 9.10. The van der Waals surface area contributed by atoms with Crippen LogP contribution in [-0.2, 0) is 0 Å². The van der Waals surface area contributed by atoms with Gasteiger partial charge < -0.3 is 9.73 Å². The molecule has 20 heavy (non-hydrogen) atoms. The van der Waals surface area contributed by atoms with E-state index >= 15 is 0 Å². The van der Waals surface area contributed by atoms with Crippen molar-refractivity contribution in [2.24, 2.45) is 0 Å². The lowest BCUT2D eigenvalue weighted by atomic mass is 10.2. The highest BCUT2D eigenvalue weighted by Gasteiger charge is 2.18. The molecule has 0 aliphatic carbocycles. The molecule has 1 aromatic heterocycles. The number of nitrogens with one attached hydrogen (secondary N) is 1. The summed E-state index contributed by atoms with van der Waals surface area (Å²) in [5.74, 6) is 0.523. The lowest BCUT2D eigenvalue weighted by molar-refractivity contribution is 0.396. The summed E-state index contributed by atoms with van der Waals surface area (Å²) in [6, 6.07) is 4.41. The molecule has 1 N–H and O–H groups in total. The fourth-order valence-corrected chi connectivity index (χ4v) is 2.29. The Morgan fingerprint density at radius 3 is 2.85 bits per heavy atom. The Morgan fingerprint density at radius 1 is 1.35 bits per heavy atom. The Balaban J connectivity index is 2.25. The van der Waals surface area contributed by atoms with Crippen molar-refractivity contribution in [1.82, 2.24) is 15.5 Å². The molecule has 1 aromatic carbocycles. The lowest BCUT2D eigenvalue weighted by Gasteiger charge is -2.11. The quantitative estimate of drug-likeness (QED) is 0.859. The molecular weight excluding hydrogens is 325 g/mol. The standard InChI is InChI=1S/C14H17BrFN3O/c1-3-7-17-12(4-2)14-19-18-13(20-14)10-8-9(16)5-6-11(10)15/h5-6,8,12,17H,3-4,7H2,1-2H3.